The second kappa shape index (κ2) is 9.34. The van der Waals surface area contributed by atoms with Gasteiger partial charge in [0.25, 0.3) is 5.91 Å². The fraction of sp³-hybridized carbons (Fsp3) is 0.222. The largest absolute Gasteiger partial charge is 0.481 e. The van der Waals surface area contributed by atoms with E-state index in [1.165, 1.54) is 6.08 Å². The van der Waals surface area contributed by atoms with Gasteiger partial charge in [-0.05, 0) is 43.5 Å². The molecule has 0 saturated carbocycles. The number of amides is 1. The number of rotatable bonds is 8. The molecule has 0 aliphatic rings. The lowest BCUT2D eigenvalue weighted by molar-refractivity contribution is -0.137. The molecule has 1 aromatic rings. The molecule has 0 bridgehead atoms. The van der Waals surface area contributed by atoms with Gasteiger partial charge in [-0.1, -0.05) is 36.9 Å². The lowest BCUT2D eigenvalue weighted by Crippen LogP contribution is -2.13. The fourth-order valence-electron chi connectivity index (χ4n) is 1.84. The van der Waals surface area contributed by atoms with E-state index in [0.29, 0.717) is 24.1 Å². The lowest BCUT2D eigenvalue weighted by atomic mass is 10.1. The fourth-order valence-corrected chi connectivity index (χ4v) is 1.84. The van der Waals surface area contributed by atoms with Crippen molar-refractivity contribution >= 4 is 17.6 Å². The van der Waals surface area contributed by atoms with Gasteiger partial charge in [0, 0.05) is 17.7 Å². The van der Waals surface area contributed by atoms with Crippen LogP contribution in [0.15, 0.2) is 60.7 Å². The van der Waals surface area contributed by atoms with Gasteiger partial charge in [0.05, 0.1) is 0 Å². The summed E-state index contributed by atoms with van der Waals surface area (Å²) in [7, 11) is 0. The smallest absolute Gasteiger partial charge is 0.303 e. The van der Waals surface area contributed by atoms with Crippen LogP contribution in [0.25, 0.3) is 0 Å². The van der Waals surface area contributed by atoms with Crippen molar-refractivity contribution < 1.29 is 14.7 Å². The summed E-state index contributed by atoms with van der Waals surface area (Å²) in [6, 6.07) is 7.40. The van der Waals surface area contributed by atoms with Crippen LogP contribution in [0.4, 0.5) is 5.69 Å². The maximum absolute atomic E-state index is 12.0. The number of hydrogen-bond acceptors (Lipinski definition) is 2. The van der Waals surface area contributed by atoms with E-state index >= 15 is 0 Å². The molecule has 0 heterocycles. The zero-order valence-corrected chi connectivity index (χ0v) is 12.7. The summed E-state index contributed by atoms with van der Waals surface area (Å²) in [5.74, 6) is -1.000. The second-order valence-electron chi connectivity index (χ2n) is 4.75. The Bertz CT molecular complexity index is 583. The predicted molar refractivity (Wildman–Crippen MR) is 88.7 cm³/mol. The van der Waals surface area contributed by atoms with Gasteiger partial charge in [-0.15, -0.1) is 0 Å². The van der Waals surface area contributed by atoms with E-state index in [4.69, 9.17) is 5.11 Å². The Hall–Kier alpha value is -2.62. The molecule has 0 radical (unpaired) electrons. The maximum atomic E-state index is 12.0. The molecule has 0 saturated heterocycles. The second-order valence-corrected chi connectivity index (χ2v) is 4.75. The van der Waals surface area contributed by atoms with E-state index in [2.05, 4.69) is 11.9 Å². The van der Waals surface area contributed by atoms with Gasteiger partial charge in [0.1, 0.15) is 0 Å². The van der Waals surface area contributed by atoms with Crippen LogP contribution in [0.3, 0.4) is 0 Å². The highest BCUT2D eigenvalue weighted by Crippen LogP contribution is 2.13. The molecule has 4 nitrogen and oxygen atoms in total. The average molecular weight is 299 g/mol. The average Bonchev–Trinajstić information content (AvgIpc) is 2.49. The van der Waals surface area contributed by atoms with E-state index in [9.17, 15) is 9.59 Å². The van der Waals surface area contributed by atoms with Crippen molar-refractivity contribution in [2.45, 2.75) is 26.2 Å². The Morgan fingerprint density at radius 1 is 1.27 bits per heavy atom. The quantitative estimate of drug-likeness (QED) is 0.568. The van der Waals surface area contributed by atoms with Crippen LogP contribution in [0.2, 0.25) is 0 Å². The molecule has 4 heteroatoms. The highest BCUT2D eigenvalue weighted by Gasteiger charge is 2.05. The van der Waals surface area contributed by atoms with Crippen molar-refractivity contribution in [3.05, 3.63) is 66.3 Å². The number of carboxylic acids is 1. The Morgan fingerprint density at radius 2 is 1.95 bits per heavy atom. The maximum Gasteiger partial charge on any atom is 0.303 e. The van der Waals surface area contributed by atoms with E-state index in [0.717, 1.165) is 5.56 Å². The molecule has 0 unspecified atom stereocenters. The third-order valence-electron chi connectivity index (χ3n) is 3.02. The molecule has 2 N–H and O–H groups in total. The summed E-state index contributed by atoms with van der Waals surface area (Å²) in [5, 5.41) is 11.4. The molecule has 116 valence electrons. The first-order valence-electron chi connectivity index (χ1n) is 7.14. The molecule has 22 heavy (non-hydrogen) atoms. The molecule has 0 fully saturated rings. The Morgan fingerprint density at radius 3 is 2.50 bits per heavy atom. The summed E-state index contributed by atoms with van der Waals surface area (Å²) < 4.78 is 0. The lowest BCUT2D eigenvalue weighted by Gasteiger charge is -2.07. The summed E-state index contributed by atoms with van der Waals surface area (Å²) in [4.78, 5) is 22.5. The van der Waals surface area contributed by atoms with E-state index in [-0.39, 0.29) is 12.3 Å². The van der Waals surface area contributed by atoms with Gasteiger partial charge in [0.15, 0.2) is 0 Å². The van der Waals surface area contributed by atoms with Gasteiger partial charge >= 0.3 is 5.97 Å². The van der Waals surface area contributed by atoms with Crippen molar-refractivity contribution in [2.75, 3.05) is 5.32 Å². The third-order valence-corrected chi connectivity index (χ3v) is 3.02. The predicted octanol–water partition coefficient (Wildman–Crippen LogP) is 3.72. The number of aryl methyl sites for hydroxylation is 1. The van der Waals surface area contributed by atoms with Gasteiger partial charge in [-0.3, -0.25) is 9.59 Å². The first-order valence-corrected chi connectivity index (χ1v) is 7.14. The molecule has 0 spiro atoms. The zero-order valence-electron chi connectivity index (χ0n) is 12.7. The molecule has 0 aromatic heterocycles. The number of nitrogens with one attached hydrogen (secondary N) is 1. The monoisotopic (exact) mass is 299 g/mol. The Kier molecular flexibility index (Phi) is 7.40. The van der Waals surface area contributed by atoms with Crippen LogP contribution in [0, 0.1) is 0 Å². The number of benzene rings is 1. The van der Waals surface area contributed by atoms with Crippen molar-refractivity contribution in [1.82, 2.24) is 0 Å². The van der Waals surface area contributed by atoms with Crippen LogP contribution in [-0.2, 0) is 16.0 Å². The Balaban J connectivity index is 2.61. The zero-order chi connectivity index (χ0) is 16.4. The number of anilines is 1. The number of carbonyl (C=O) groups is 2. The van der Waals surface area contributed by atoms with Crippen LogP contribution in [0.5, 0.6) is 0 Å². The molecular weight excluding hydrogens is 278 g/mol. The van der Waals surface area contributed by atoms with Crippen LogP contribution >= 0.6 is 0 Å². The number of carbonyl (C=O) groups excluding carboxylic acids is 1. The SMILES string of the molecule is C=C/C(=C\C=C/C)C(=O)Nc1ccc(CCCC(=O)O)cc1. The topological polar surface area (TPSA) is 66.4 Å². The summed E-state index contributed by atoms with van der Waals surface area (Å²) in [6.07, 6.45) is 8.30. The van der Waals surface area contributed by atoms with Gasteiger partial charge in [-0.25, -0.2) is 0 Å². The molecule has 1 aromatic carbocycles. The van der Waals surface area contributed by atoms with Crippen LogP contribution in [0.1, 0.15) is 25.3 Å². The minimum Gasteiger partial charge on any atom is -0.481 e. The first-order chi connectivity index (χ1) is 10.6. The van der Waals surface area contributed by atoms with E-state index in [1.54, 1.807) is 12.2 Å². The highest BCUT2D eigenvalue weighted by molar-refractivity contribution is 6.05. The molecule has 1 rings (SSSR count). The molecule has 0 aliphatic heterocycles. The van der Waals surface area contributed by atoms with Crippen molar-refractivity contribution in [3.8, 4) is 0 Å². The van der Waals surface area contributed by atoms with Gasteiger partial charge in [-0.2, -0.15) is 0 Å². The molecule has 0 aliphatic carbocycles. The van der Waals surface area contributed by atoms with E-state index in [1.807, 2.05) is 37.3 Å². The minimum absolute atomic E-state index is 0.164. The standard InChI is InChI=1S/C18H21NO3/c1-3-5-8-15(4-2)18(22)19-16-12-10-14(11-13-16)7-6-9-17(20)21/h3-5,8,10-13H,2,6-7,9H2,1H3,(H,19,22)(H,20,21)/b5-3-,15-8+. The minimum atomic E-state index is -0.784. The highest BCUT2D eigenvalue weighted by atomic mass is 16.4. The van der Waals surface area contributed by atoms with Gasteiger partial charge in [0.2, 0.25) is 0 Å². The first kappa shape index (κ1) is 17.4. The number of aliphatic carboxylic acids is 1. The van der Waals surface area contributed by atoms with Crippen LogP contribution < -0.4 is 5.32 Å². The number of hydrogen-bond donors (Lipinski definition) is 2. The molecular formula is C18H21NO3. The Labute approximate surface area is 130 Å². The number of allylic oxidation sites excluding steroid dienone is 3. The summed E-state index contributed by atoms with van der Waals surface area (Å²) >= 11 is 0. The van der Waals surface area contributed by atoms with Crippen molar-refractivity contribution in [3.63, 3.8) is 0 Å². The van der Waals surface area contributed by atoms with Crippen molar-refractivity contribution in [1.29, 1.82) is 0 Å². The van der Waals surface area contributed by atoms with Crippen LogP contribution in [-0.4, -0.2) is 17.0 Å². The molecule has 1 amide bonds. The normalized spacial score (nSPS) is 11.4. The molecule has 0 atom stereocenters. The summed E-state index contributed by atoms with van der Waals surface area (Å²) in [5.41, 5.74) is 2.23. The van der Waals surface area contributed by atoms with Crippen molar-refractivity contribution in [2.24, 2.45) is 0 Å². The number of carboxylic acid groups (broad SMARTS) is 1. The third kappa shape index (κ3) is 6.22. The van der Waals surface area contributed by atoms with Gasteiger partial charge < -0.3 is 10.4 Å². The summed E-state index contributed by atoms with van der Waals surface area (Å²) in [6.45, 7) is 5.50. The van der Waals surface area contributed by atoms with E-state index < -0.39 is 5.97 Å².